The van der Waals surface area contributed by atoms with Gasteiger partial charge in [0, 0.05) is 24.3 Å². The number of nitrogens with one attached hydrogen (secondary N) is 2. The summed E-state index contributed by atoms with van der Waals surface area (Å²) in [6, 6.07) is 6.64. The lowest BCUT2D eigenvalue weighted by molar-refractivity contribution is -0.114. The maximum Gasteiger partial charge on any atom is 0.221 e. The fourth-order valence-electron chi connectivity index (χ4n) is 3.39. The lowest BCUT2D eigenvalue weighted by atomic mass is 9.77. The summed E-state index contributed by atoms with van der Waals surface area (Å²) >= 11 is 0. The van der Waals surface area contributed by atoms with Gasteiger partial charge in [-0.2, -0.15) is 0 Å². The monoisotopic (exact) mass is 288 g/mol. The zero-order chi connectivity index (χ0) is 15.4. The molecular weight excluding hydrogens is 260 g/mol. The zero-order valence-corrected chi connectivity index (χ0v) is 13.7. The van der Waals surface area contributed by atoms with Crippen molar-refractivity contribution in [2.24, 2.45) is 11.8 Å². The Bertz CT molecular complexity index is 496. The van der Waals surface area contributed by atoms with Gasteiger partial charge in [-0.25, -0.2) is 0 Å². The maximum absolute atomic E-state index is 11.2. The van der Waals surface area contributed by atoms with Gasteiger partial charge in [0.1, 0.15) is 0 Å². The highest BCUT2D eigenvalue weighted by molar-refractivity contribution is 5.89. The van der Waals surface area contributed by atoms with Crippen molar-refractivity contribution in [3.05, 3.63) is 23.8 Å². The van der Waals surface area contributed by atoms with Crippen LogP contribution in [0, 0.1) is 18.8 Å². The molecule has 0 aliphatic heterocycles. The number of rotatable bonds is 4. The van der Waals surface area contributed by atoms with Gasteiger partial charge in [-0.05, 0) is 49.3 Å². The molecule has 0 radical (unpaired) electrons. The van der Waals surface area contributed by atoms with Crippen LogP contribution in [0.2, 0.25) is 0 Å². The SMILES string of the molecule is CC(=O)Nc1ccc(C)c(NC2CCCCC2C(C)C)c1. The third-order valence-corrected chi connectivity index (χ3v) is 4.57. The number of amides is 1. The number of benzene rings is 1. The van der Waals surface area contributed by atoms with Crippen molar-refractivity contribution >= 4 is 17.3 Å². The summed E-state index contributed by atoms with van der Waals surface area (Å²) in [4.78, 5) is 11.2. The highest BCUT2D eigenvalue weighted by Gasteiger charge is 2.27. The first kappa shape index (κ1) is 15.9. The van der Waals surface area contributed by atoms with E-state index in [-0.39, 0.29) is 5.91 Å². The molecule has 2 N–H and O–H groups in total. The molecule has 2 atom stereocenters. The molecule has 2 rings (SSSR count). The minimum absolute atomic E-state index is 0.0254. The van der Waals surface area contributed by atoms with Crippen LogP contribution >= 0.6 is 0 Å². The molecule has 1 saturated carbocycles. The summed E-state index contributed by atoms with van der Waals surface area (Å²) in [5, 5.41) is 6.61. The van der Waals surface area contributed by atoms with Gasteiger partial charge in [0.25, 0.3) is 0 Å². The Morgan fingerprint density at radius 3 is 2.62 bits per heavy atom. The lowest BCUT2D eigenvalue weighted by Crippen LogP contribution is -2.35. The molecule has 3 nitrogen and oxygen atoms in total. The van der Waals surface area contributed by atoms with Crippen molar-refractivity contribution < 1.29 is 4.79 Å². The minimum Gasteiger partial charge on any atom is -0.382 e. The Labute approximate surface area is 128 Å². The Hall–Kier alpha value is -1.51. The standard InChI is InChI=1S/C18H28N2O/c1-12(2)16-7-5-6-8-17(16)20-18-11-15(19-14(4)21)10-9-13(18)3/h9-12,16-17,20H,5-8H2,1-4H3,(H,19,21). The summed E-state index contributed by atoms with van der Waals surface area (Å²) in [5.41, 5.74) is 3.25. The summed E-state index contributed by atoms with van der Waals surface area (Å²) in [7, 11) is 0. The van der Waals surface area contributed by atoms with Gasteiger partial charge in [0.05, 0.1) is 0 Å². The highest BCUT2D eigenvalue weighted by atomic mass is 16.1. The van der Waals surface area contributed by atoms with E-state index in [1.807, 2.05) is 6.07 Å². The minimum atomic E-state index is -0.0254. The summed E-state index contributed by atoms with van der Waals surface area (Å²) in [6.07, 6.45) is 5.23. The first-order valence-electron chi connectivity index (χ1n) is 8.12. The summed E-state index contributed by atoms with van der Waals surface area (Å²) in [6.45, 7) is 8.31. The first-order chi connectivity index (χ1) is 9.97. The molecule has 0 saturated heterocycles. The van der Waals surface area contributed by atoms with Gasteiger partial charge in [0.2, 0.25) is 5.91 Å². The van der Waals surface area contributed by atoms with Crippen LogP contribution in [-0.2, 0) is 4.79 Å². The Morgan fingerprint density at radius 2 is 1.95 bits per heavy atom. The Balaban J connectivity index is 2.15. The molecule has 1 amide bonds. The van der Waals surface area contributed by atoms with E-state index in [9.17, 15) is 4.79 Å². The van der Waals surface area contributed by atoms with Crippen molar-refractivity contribution in [2.45, 2.75) is 59.4 Å². The summed E-state index contributed by atoms with van der Waals surface area (Å²) < 4.78 is 0. The molecule has 1 fully saturated rings. The molecule has 21 heavy (non-hydrogen) atoms. The second-order valence-corrected chi connectivity index (χ2v) is 6.65. The summed E-state index contributed by atoms with van der Waals surface area (Å²) in [5.74, 6) is 1.42. The van der Waals surface area contributed by atoms with E-state index in [4.69, 9.17) is 0 Å². The molecule has 116 valence electrons. The van der Waals surface area contributed by atoms with Crippen LogP contribution in [0.4, 0.5) is 11.4 Å². The van der Waals surface area contributed by atoms with Crippen molar-refractivity contribution in [1.82, 2.24) is 0 Å². The van der Waals surface area contributed by atoms with E-state index in [0.29, 0.717) is 12.0 Å². The average molecular weight is 288 g/mol. The van der Waals surface area contributed by atoms with Crippen molar-refractivity contribution in [3.63, 3.8) is 0 Å². The predicted molar refractivity (Wildman–Crippen MR) is 89.7 cm³/mol. The zero-order valence-electron chi connectivity index (χ0n) is 13.7. The highest BCUT2D eigenvalue weighted by Crippen LogP contribution is 2.33. The van der Waals surface area contributed by atoms with E-state index in [1.54, 1.807) is 6.92 Å². The molecule has 1 aromatic carbocycles. The Morgan fingerprint density at radius 1 is 1.24 bits per heavy atom. The number of hydrogen-bond donors (Lipinski definition) is 2. The smallest absolute Gasteiger partial charge is 0.221 e. The van der Waals surface area contributed by atoms with Gasteiger partial charge in [0.15, 0.2) is 0 Å². The molecule has 0 bridgehead atoms. The number of carbonyl (C=O) groups excluding carboxylic acids is 1. The van der Waals surface area contributed by atoms with Gasteiger partial charge < -0.3 is 10.6 Å². The Kier molecular flexibility index (Phi) is 5.27. The van der Waals surface area contributed by atoms with Crippen molar-refractivity contribution in [3.8, 4) is 0 Å². The third-order valence-electron chi connectivity index (χ3n) is 4.57. The third kappa shape index (κ3) is 4.23. The van der Waals surface area contributed by atoms with E-state index in [0.717, 1.165) is 17.3 Å². The van der Waals surface area contributed by atoms with Gasteiger partial charge >= 0.3 is 0 Å². The lowest BCUT2D eigenvalue weighted by Gasteiger charge is -2.36. The van der Waals surface area contributed by atoms with Crippen molar-refractivity contribution in [1.29, 1.82) is 0 Å². The molecule has 0 heterocycles. The number of anilines is 2. The van der Waals surface area contributed by atoms with Crippen molar-refractivity contribution in [2.75, 3.05) is 10.6 Å². The second kappa shape index (κ2) is 6.97. The molecule has 2 unspecified atom stereocenters. The van der Waals surface area contributed by atoms with Gasteiger partial charge in [-0.3, -0.25) is 4.79 Å². The quantitative estimate of drug-likeness (QED) is 0.851. The fourth-order valence-corrected chi connectivity index (χ4v) is 3.39. The number of aryl methyl sites for hydroxylation is 1. The van der Waals surface area contributed by atoms with Crippen LogP contribution in [0.5, 0.6) is 0 Å². The van der Waals surface area contributed by atoms with Crippen LogP contribution in [0.1, 0.15) is 52.0 Å². The van der Waals surface area contributed by atoms with Crippen LogP contribution in [0.15, 0.2) is 18.2 Å². The molecule has 3 heteroatoms. The molecular formula is C18H28N2O. The molecule has 1 aliphatic rings. The first-order valence-corrected chi connectivity index (χ1v) is 8.12. The van der Waals surface area contributed by atoms with Crippen LogP contribution in [0.3, 0.4) is 0 Å². The molecule has 1 aromatic rings. The van der Waals surface area contributed by atoms with E-state index in [2.05, 4.69) is 43.5 Å². The fraction of sp³-hybridized carbons (Fsp3) is 0.611. The van der Waals surface area contributed by atoms with E-state index < -0.39 is 0 Å². The van der Waals surface area contributed by atoms with Crippen LogP contribution < -0.4 is 10.6 Å². The largest absolute Gasteiger partial charge is 0.382 e. The molecule has 0 spiro atoms. The second-order valence-electron chi connectivity index (χ2n) is 6.65. The van der Waals surface area contributed by atoms with Crippen LogP contribution in [-0.4, -0.2) is 11.9 Å². The van der Waals surface area contributed by atoms with E-state index >= 15 is 0 Å². The van der Waals surface area contributed by atoms with Gasteiger partial charge in [-0.1, -0.05) is 32.8 Å². The maximum atomic E-state index is 11.2. The average Bonchev–Trinajstić information content (AvgIpc) is 2.42. The topological polar surface area (TPSA) is 41.1 Å². The normalized spacial score (nSPS) is 22.1. The van der Waals surface area contributed by atoms with E-state index in [1.165, 1.54) is 31.2 Å². The molecule has 1 aliphatic carbocycles. The van der Waals surface area contributed by atoms with Crippen LogP contribution in [0.25, 0.3) is 0 Å². The molecule has 0 aromatic heterocycles. The van der Waals surface area contributed by atoms with Gasteiger partial charge in [-0.15, -0.1) is 0 Å². The number of hydrogen-bond acceptors (Lipinski definition) is 2. The number of carbonyl (C=O) groups is 1. The predicted octanol–water partition coefficient (Wildman–Crippen LogP) is 4.58.